The lowest BCUT2D eigenvalue weighted by Crippen LogP contribution is -2.13. The maximum absolute atomic E-state index is 5.63. The zero-order valence-electron chi connectivity index (χ0n) is 8.49. The fourth-order valence-corrected chi connectivity index (χ4v) is 1.24. The highest BCUT2D eigenvalue weighted by atomic mass is 15.0. The molecule has 1 rings (SSSR count). The number of rotatable bonds is 3. The van der Waals surface area contributed by atoms with E-state index in [4.69, 9.17) is 7.98 Å². The quantitative estimate of drug-likeness (QED) is 0.636. The summed E-state index contributed by atoms with van der Waals surface area (Å²) in [6, 6.07) is 8.23. The van der Waals surface area contributed by atoms with Gasteiger partial charge in [-0.3, -0.25) is 0 Å². The zero-order valence-corrected chi connectivity index (χ0v) is 8.49. The van der Waals surface area contributed by atoms with Crippen molar-refractivity contribution >= 4 is 13.7 Å². The Labute approximate surface area is 81.6 Å². The Morgan fingerprint density at radius 1 is 1.23 bits per heavy atom. The summed E-state index contributed by atoms with van der Waals surface area (Å²) < 4.78 is 0. The van der Waals surface area contributed by atoms with Crippen LogP contribution in [0.2, 0.25) is 0 Å². The molecule has 0 aliphatic carbocycles. The van der Waals surface area contributed by atoms with Gasteiger partial charge in [0, 0.05) is 12.2 Å². The van der Waals surface area contributed by atoms with E-state index in [9.17, 15) is 0 Å². The van der Waals surface area contributed by atoms with Gasteiger partial charge in [-0.25, -0.2) is 0 Å². The molecule has 3 heteroatoms. The molecule has 2 nitrogen and oxygen atoms in total. The van der Waals surface area contributed by atoms with Crippen molar-refractivity contribution in [2.24, 2.45) is 0 Å². The van der Waals surface area contributed by atoms with Crippen molar-refractivity contribution < 1.29 is 0 Å². The van der Waals surface area contributed by atoms with E-state index in [1.165, 1.54) is 5.56 Å². The molecule has 0 heterocycles. The second-order valence-corrected chi connectivity index (χ2v) is 3.52. The van der Waals surface area contributed by atoms with Crippen LogP contribution in [-0.4, -0.2) is 34.0 Å². The number of nitrogens with zero attached hydrogens (tertiary/aromatic N) is 2. The number of anilines is 1. The third-order valence-corrected chi connectivity index (χ3v) is 1.82. The van der Waals surface area contributed by atoms with Crippen LogP contribution in [0.3, 0.4) is 0 Å². The van der Waals surface area contributed by atoms with Gasteiger partial charge in [-0.1, -0.05) is 12.1 Å². The van der Waals surface area contributed by atoms with Gasteiger partial charge >= 0.3 is 0 Å². The normalized spacial score (nSPS) is 10.5. The van der Waals surface area contributed by atoms with Crippen LogP contribution in [0.25, 0.3) is 0 Å². The van der Waals surface area contributed by atoms with Crippen molar-refractivity contribution in [3.8, 4) is 0 Å². The van der Waals surface area contributed by atoms with Crippen LogP contribution in [0.4, 0.5) is 5.69 Å². The van der Waals surface area contributed by atoms with Crippen molar-refractivity contribution in [1.29, 1.82) is 0 Å². The Kier molecular flexibility index (Phi) is 3.37. The van der Waals surface area contributed by atoms with Gasteiger partial charge in [0.25, 0.3) is 0 Å². The van der Waals surface area contributed by atoms with Crippen LogP contribution in [0.15, 0.2) is 24.3 Å². The summed E-state index contributed by atoms with van der Waals surface area (Å²) in [7, 11) is 11.6. The monoisotopic (exact) mass is 174 g/mol. The first-order chi connectivity index (χ1) is 6.09. The molecule has 1 aromatic rings. The molecular weight excluding hydrogens is 159 g/mol. The van der Waals surface area contributed by atoms with Gasteiger partial charge in [-0.05, 0) is 38.8 Å². The van der Waals surface area contributed by atoms with Crippen molar-refractivity contribution in [3.05, 3.63) is 29.8 Å². The van der Waals surface area contributed by atoms with E-state index < -0.39 is 0 Å². The first kappa shape index (κ1) is 10.1. The molecule has 0 atom stereocenters. The summed E-state index contributed by atoms with van der Waals surface area (Å²) in [5.41, 5.74) is 2.32. The molecule has 0 aliphatic heterocycles. The number of hydrogen-bond donors (Lipinski definition) is 0. The molecule has 0 aromatic heterocycles. The average Bonchev–Trinajstić information content (AvgIpc) is 2.03. The average molecular weight is 174 g/mol. The fourth-order valence-electron chi connectivity index (χ4n) is 1.24. The lowest BCUT2D eigenvalue weighted by Gasteiger charge is -2.15. The zero-order chi connectivity index (χ0) is 9.84. The SMILES string of the molecule is [B]N(C)c1cccc(CN(C)C)c1. The lowest BCUT2D eigenvalue weighted by molar-refractivity contribution is 0.402. The highest BCUT2D eigenvalue weighted by Gasteiger charge is 1.98. The minimum absolute atomic E-state index is 0.946. The third kappa shape index (κ3) is 3.11. The molecule has 0 spiro atoms. The summed E-state index contributed by atoms with van der Waals surface area (Å²) in [5.74, 6) is 0. The molecule has 0 saturated carbocycles. The van der Waals surface area contributed by atoms with E-state index in [1.54, 1.807) is 4.81 Å². The molecule has 0 amide bonds. The molecule has 0 N–H and O–H groups in total. The number of hydrogen-bond acceptors (Lipinski definition) is 2. The van der Waals surface area contributed by atoms with Crippen molar-refractivity contribution in [3.63, 3.8) is 0 Å². The fraction of sp³-hybridized carbons (Fsp3) is 0.400. The molecule has 0 unspecified atom stereocenters. The highest BCUT2D eigenvalue weighted by Crippen LogP contribution is 2.13. The van der Waals surface area contributed by atoms with Crippen molar-refractivity contribution in [1.82, 2.24) is 4.90 Å². The second kappa shape index (κ2) is 4.33. The van der Waals surface area contributed by atoms with Gasteiger partial charge in [-0.15, -0.1) is 0 Å². The molecule has 0 saturated heterocycles. The molecular formula is C10H15BN2. The Bertz CT molecular complexity index is 271. The molecule has 2 radical (unpaired) electrons. The van der Waals surface area contributed by atoms with Gasteiger partial charge in [0.2, 0.25) is 7.98 Å². The second-order valence-electron chi connectivity index (χ2n) is 3.52. The minimum Gasteiger partial charge on any atom is -0.427 e. The summed E-state index contributed by atoms with van der Waals surface area (Å²) in [6.45, 7) is 0.946. The highest BCUT2D eigenvalue weighted by molar-refractivity contribution is 6.17. The standard InChI is InChI=1S/C10H15BN2/c1-12(2)8-9-5-4-6-10(7-9)13(3)11/h4-7H,8H2,1-3H3. The summed E-state index contributed by atoms with van der Waals surface area (Å²) in [6.07, 6.45) is 0. The van der Waals surface area contributed by atoms with Gasteiger partial charge in [0.05, 0.1) is 0 Å². The van der Waals surface area contributed by atoms with E-state index in [0.717, 1.165) is 12.2 Å². The van der Waals surface area contributed by atoms with Crippen LogP contribution >= 0.6 is 0 Å². The molecule has 0 aliphatic rings. The van der Waals surface area contributed by atoms with E-state index >= 15 is 0 Å². The predicted octanol–water partition coefficient (Wildman–Crippen LogP) is 1.27. The van der Waals surface area contributed by atoms with Gasteiger partial charge in [-0.2, -0.15) is 0 Å². The van der Waals surface area contributed by atoms with Gasteiger partial charge in [0.15, 0.2) is 0 Å². The van der Waals surface area contributed by atoms with Crippen LogP contribution in [-0.2, 0) is 6.54 Å². The van der Waals surface area contributed by atoms with E-state index in [1.807, 2.05) is 19.2 Å². The Morgan fingerprint density at radius 2 is 1.92 bits per heavy atom. The molecule has 0 bridgehead atoms. The Hall–Kier alpha value is -0.955. The Morgan fingerprint density at radius 3 is 2.46 bits per heavy atom. The summed E-state index contributed by atoms with van der Waals surface area (Å²) in [5, 5.41) is 0. The van der Waals surface area contributed by atoms with Crippen LogP contribution in [0.5, 0.6) is 0 Å². The third-order valence-electron chi connectivity index (χ3n) is 1.82. The van der Waals surface area contributed by atoms with Gasteiger partial charge in [0.1, 0.15) is 0 Å². The molecule has 13 heavy (non-hydrogen) atoms. The maximum Gasteiger partial charge on any atom is 0.226 e. The van der Waals surface area contributed by atoms with Gasteiger partial charge < -0.3 is 9.71 Å². The van der Waals surface area contributed by atoms with Crippen molar-refractivity contribution in [2.45, 2.75) is 6.54 Å². The topological polar surface area (TPSA) is 6.48 Å². The smallest absolute Gasteiger partial charge is 0.226 e. The van der Waals surface area contributed by atoms with Crippen molar-refractivity contribution in [2.75, 3.05) is 26.0 Å². The lowest BCUT2D eigenvalue weighted by atomic mass is 10.1. The van der Waals surface area contributed by atoms with Crippen LogP contribution in [0, 0.1) is 0 Å². The predicted molar refractivity (Wildman–Crippen MR) is 58.0 cm³/mol. The molecule has 68 valence electrons. The number of benzene rings is 1. The van der Waals surface area contributed by atoms with E-state index in [-0.39, 0.29) is 0 Å². The van der Waals surface area contributed by atoms with E-state index in [2.05, 4.69) is 31.1 Å². The Balaban J connectivity index is 2.79. The van der Waals surface area contributed by atoms with Crippen LogP contribution < -0.4 is 4.81 Å². The largest absolute Gasteiger partial charge is 0.427 e. The maximum atomic E-state index is 5.63. The van der Waals surface area contributed by atoms with Crippen LogP contribution in [0.1, 0.15) is 5.56 Å². The molecule has 1 aromatic carbocycles. The van der Waals surface area contributed by atoms with E-state index in [0.29, 0.717) is 0 Å². The first-order valence-corrected chi connectivity index (χ1v) is 4.31. The summed E-state index contributed by atoms with van der Waals surface area (Å²) >= 11 is 0. The minimum atomic E-state index is 0.946. The molecule has 0 fully saturated rings. The first-order valence-electron chi connectivity index (χ1n) is 4.31. The summed E-state index contributed by atoms with van der Waals surface area (Å²) in [4.78, 5) is 3.76.